The van der Waals surface area contributed by atoms with E-state index in [1.54, 1.807) is 51.9 Å². The lowest BCUT2D eigenvalue weighted by molar-refractivity contribution is -0.139. The molecule has 24 rings (SSSR count). The fraction of sp³-hybridized carbons (Fsp3) is 0.500. The number of halogens is 1. The summed E-state index contributed by atoms with van der Waals surface area (Å²) in [5.41, 5.74) is 13.4. The van der Waals surface area contributed by atoms with Gasteiger partial charge in [-0.15, -0.1) is 11.6 Å². The molecule has 16 aliphatic rings. The number of imide groups is 2. The zero-order valence-electron chi connectivity index (χ0n) is 76.5. The number of aliphatic imine (C=N–C) groups is 1. The highest BCUT2D eigenvalue weighted by molar-refractivity contribution is 7.80. The van der Waals surface area contributed by atoms with Crippen molar-refractivity contribution in [3.8, 4) is 47.4 Å². The molecule has 4 aromatic carbocycles. The van der Waals surface area contributed by atoms with Gasteiger partial charge in [-0.25, -0.2) is 40.4 Å². The Labute approximate surface area is 795 Å². The van der Waals surface area contributed by atoms with Crippen LogP contribution in [0.5, 0.6) is 0 Å². The summed E-state index contributed by atoms with van der Waals surface area (Å²) in [6.45, 7) is 0.426. The maximum atomic E-state index is 14.3. The molecular weight excluding hydrogens is 1750 g/mol. The number of ether oxygens (including phenoxy) is 4. The predicted molar refractivity (Wildman–Crippen MR) is 498 cm³/mol. The van der Waals surface area contributed by atoms with Crippen molar-refractivity contribution in [1.29, 1.82) is 0 Å². The first-order valence-corrected chi connectivity index (χ1v) is 48.2. The summed E-state index contributed by atoms with van der Waals surface area (Å²) in [6, 6.07) is 24.3. The Balaban J connectivity index is 0.000000112. The van der Waals surface area contributed by atoms with Crippen molar-refractivity contribution in [3.05, 3.63) is 213 Å². The van der Waals surface area contributed by atoms with Gasteiger partial charge in [0.1, 0.15) is 44.7 Å². The lowest BCUT2D eigenvalue weighted by atomic mass is 9.61. The largest absolute Gasteiger partial charge is 0.448 e. The molecule has 31 heteroatoms. The molecule has 702 valence electrons. The first-order chi connectivity index (χ1) is 65.6. The van der Waals surface area contributed by atoms with Crippen molar-refractivity contribution in [3.63, 3.8) is 0 Å². The fourth-order valence-electron chi connectivity index (χ4n) is 23.6. The Morgan fingerprint density at radius 1 is 0.422 bits per heavy atom. The molecule has 4 atom stereocenters. The average molecular weight is 1870 g/mol. The Kier molecular flexibility index (Phi) is 25.8. The second kappa shape index (κ2) is 37.7. The first-order valence-electron chi connectivity index (χ1n) is 47.3. The van der Waals surface area contributed by atoms with E-state index in [0.29, 0.717) is 58.2 Å². The number of carbonyl (C=O) groups excluding carboxylic acids is 6. The van der Waals surface area contributed by atoms with E-state index >= 15 is 0 Å². The first kappa shape index (κ1) is 92.3. The van der Waals surface area contributed by atoms with Gasteiger partial charge in [0.15, 0.2) is 33.2 Å². The van der Waals surface area contributed by atoms with Crippen LogP contribution in [0.4, 0.5) is 9.59 Å². The third-order valence-electron chi connectivity index (χ3n) is 31.3. The second-order valence-corrected chi connectivity index (χ2v) is 39.6. The van der Waals surface area contributed by atoms with E-state index in [4.69, 9.17) is 76.4 Å². The SMILES string of the molecule is COC1CCC2(CC1)Cc1ccc(C#CC3CC3)cc1C21N=C(N)N(Cc2ncco2)C1=O.COC1CCC2(CC1)Cc1ccc(C#CC3CC3)cc1C21NC(=O)N(Cc2ncco2)C1=O.COC1CCC2(CC1)Cc1ccc(C#CC3CC3)cc1C21NC(=O)NC1=O.COC1CCC2(CC1)Cc1ccc(C#CC3CC3)cc1C21NC(=S)N(Cc2ncco2)C1=O.ClCc1ncco1.NO. The summed E-state index contributed by atoms with van der Waals surface area (Å²) < 4.78 is 43.4. The van der Waals surface area contributed by atoms with Crippen LogP contribution in [0.3, 0.4) is 0 Å². The number of thiocarbonyl (C=S) groups is 1. The zero-order chi connectivity index (χ0) is 93.7. The number of nitrogens with two attached hydrogens (primary N) is 2. The molecule has 3 saturated heterocycles. The molecule has 0 bridgehead atoms. The van der Waals surface area contributed by atoms with E-state index in [1.807, 2.05) is 18.2 Å². The van der Waals surface area contributed by atoms with Crippen molar-refractivity contribution in [2.45, 2.75) is 252 Å². The number of urea groups is 2. The van der Waals surface area contributed by atoms with Gasteiger partial charge < -0.3 is 63.5 Å². The number of benzene rings is 4. The molecule has 8 heterocycles. The van der Waals surface area contributed by atoms with Crippen LogP contribution in [-0.4, -0.2) is 139 Å². The molecule has 4 aliphatic heterocycles. The number of methoxy groups -OCH3 is 4. The second-order valence-electron chi connectivity index (χ2n) is 38.9. The highest BCUT2D eigenvalue weighted by atomic mass is 35.5. The summed E-state index contributed by atoms with van der Waals surface area (Å²) in [7, 11) is 7.03. The Morgan fingerprint density at radius 2 is 0.748 bits per heavy atom. The van der Waals surface area contributed by atoms with E-state index in [2.05, 4.69) is 149 Å². The molecule has 0 radical (unpaired) electrons. The monoisotopic (exact) mass is 1860 g/mol. The molecule has 9 N–H and O–H groups in total. The maximum Gasteiger partial charge on any atom is 0.325 e. The molecule has 135 heavy (non-hydrogen) atoms. The summed E-state index contributed by atoms with van der Waals surface area (Å²) >= 11 is 11.0. The van der Waals surface area contributed by atoms with Gasteiger partial charge >= 0.3 is 12.1 Å². The van der Waals surface area contributed by atoms with Gasteiger partial charge in [0.25, 0.3) is 23.6 Å². The highest BCUT2D eigenvalue weighted by Crippen LogP contribution is 2.66. The van der Waals surface area contributed by atoms with Gasteiger partial charge in [-0.3, -0.25) is 39.2 Å². The molecule has 12 aliphatic carbocycles. The van der Waals surface area contributed by atoms with Crippen LogP contribution in [0, 0.1) is 92.7 Å². The third-order valence-corrected chi connectivity index (χ3v) is 31.9. The number of rotatable bonds is 11. The number of nitrogens with one attached hydrogen (secondary N) is 4. The Morgan fingerprint density at radius 3 is 1.10 bits per heavy atom. The molecule has 4 unspecified atom stereocenters. The predicted octanol–water partition coefficient (Wildman–Crippen LogP) is 13.7. The number of guanidine groups is 1. The molecule has 29 nitrogen and oxygen atoms in total. The topological polar surface area (TPSA) is 386 Å². The van der Waals surface area contributed by atoms with Crippen molar-refractivity contribution in [1.82, 2.24) is 55.9 Å². The Bertz CT molecular complexity index is 5920. The number of amides is 8. The van der Waals surface area contributed by atoms with Gasteiger partial charge in [-0.1, -0.05) is 71.6 Å². The average Bonchev–Trinajstić information content (AvgIpc) is 1.53. The summed E-state index contributed by atoms with van der Waals surface area (Å²) in [6.07, 6.45) is 39.8. The summed E-state index contributed by atoms with van der Waals surface area (Å²) in [5, 5.41) is 19.2. The minimum absolute atomic E-state index is 0.00683. The van der Waals surface area contributed by atoms with E-state index in [-0.39, 0.29) is 95.3 Å². The van der Waals surface area contributed by atoms with Crippen LogP contribution in [-0.2, 0) is 111 Å². The number of hydrogen-bond acceptors (Lipinski definition) is 23. The van der Waals surface area contributed by atoms with Crippen LogP contribution in [0.1, 0.15) is 244 Å². The van der Waals surface area contributed by atoms with E-state index < -0.39 is 34.2 Å². The number of alkyl halides is 1. The number of carbonyl (C=O) groups is 6. The van der Waals surface area contributed by atoms with Crippen LogP contribution in [0.15, 0.2) is 145 Å². The fourth-order valence-corrected chi connectivity index (χ4v) is 24.1. The molecule has 11 fully saturated rings. The quantitative estimate of drug-likeness (QED) is 0.0208. The maximum absolute atomic E-state index is 14.3. The number of nitrogens with zero attached hydrogens (tertiary/aromatic N) is 8. The van der Waals surface area contributed by atoms with E-state index in [9.17, 15) is 28.8 Å². The van der Waals surface area contributed by atoms with Crippen molar-refractivity contribution in [2.24, 2.45) is 62.0 Å². The van der Waals surface area contributed by atoms with Gasteiger partial charge in [0.05, 0.1) is 55.1 Å². The zero-order valence-corrected chi connectivity index (χ0v) is 78.0. The van der Waals surface area contributed by atoms with Crippen molar-refractivity contribution >= 4 is 70.6 Å². The Hall–Kier alpha value is -11.8. The molecule has 8 saturated carbocycles. The smallest absolute Gasteiger partial charge is 0.325 e. The van der Waals surface area contributed by atoms with Gasteiger partial charge in [-0.05, 0) is 285 Å². The van der Waals surface area contributed by atoms with Gasteiger partial charge in [0.2, 0.25) is 23.6 Å². The molecule has 4 aromatic heterocycles. The standard InChI is InChI=1S/C26H28N4O3.C26H27N3O4.C26H27N3O3S.C22H24N2O3.C4H4ClNO.H3NO/c1-32-20-8-10-25(11-9-20)15-19-7-6-18(5-4-17-2-3-17)14-21(19)26(25)23(31)30(24(27)29-26)16-22-28-12-13-33-22;1-32-20-8-10-25(11-9-20)15-19-7-6-18(5-4-17-2-3-17)14-21(19)26(25)23(30)29(24(31)28-26)16-22-27-12-13-33-22;1-31-20-8-10-25(11-9-20)15-19-7-6-18(5-4-17-2-3-17)14-21(19)26(25)23(30)29(24(33)28-26)16-22-27-12-13-32-22;1-27-17-8-10-21(11-9-17)13-16-7-6-15(5-4-14-2-3-14)12-18(16)22(21)19(25)23-20(26)24-22;5-3-4-6-1-2-7-4;1-2/h6-7,12-14,17,20H,2-3,8-11,15-16H2,1H3,(H2,27,29);6-7,12-14,17,20H,2-3,8-11,15-16H2,1H3,(H,28,31);6-7,12-14,17,20H,2-3,8-11,15-16H2,1H3,(H,28,33);6-7,12,14,17H,2-3,8-11,13H2,1H3,(H2,23,24,25,26);1-2H,3H2;2H,1H2. The number of hydrogen-bond donors (Lipinski definition) is 7. The lowest BCUT2D eigenvalue weighted by Crippen LogP contribution is -2.56. The highest BCUT2D eigenvalue weighted by Gasteiger charge is 2.72. The number of oxazole rings is 4. The van der Waals surface area contributed by atoms with Crippen LogP contribution in [0.25, 0.3) is 0 Å². The van der Waals surface area contributed by atoms with Crippen molar-refractivity contribution < 1.29 is 70.6 Å². The lowest BCUT2D eigenvalue weighted by Gasteiger charge is -2.46. The van der Waals surface area contributed by atoms with E-state index in [1.165, 1.54) is 90.7 Å². The van der Waals surface area contributed by atoms with Crippen LogP contribution < -0.4 is 32.9 Å². The van der Waals surface area contributed by atoms with Crippen LogP contribution >= 0.6 is 23.8 Å². The third kappa shape index (κ3) is 17.0. The molecule has 8 amide bonds. The van der Waals surface area contributed by atoms with Gasteiger partial charge in [-0.2, -0.15) is 0 Å². The molecular formula is C104H113ClN14O15S. The molecule has 8 spiro atoms. The van der Waals surface area contributed by atoms with Crippen molar-refractivity contribution in [2.75, 3.05) is 28.4 Å². The minimum Gasteiger partial charge on any atom is -0.448 e. The normalized spacial score (nSPS) is 29.7. The number of fused-ring (bicyclic) bond motifs is 12. The summed E-state index contributed by atoms with van der Waals surface area (Å²) in [5.74, 6) is 34.0. The minimum atomic E-state index is -1.10. The van der Waals surface area contributed by atoms with E-state index in [0.717, 1.165) is 197 Å². The summed E-state index contributed by atoms with van der Waals surface area (Å²) in [4.78, 5) is 107. The molecule has 8 aromatic rings. The van der Waals surface area contributed by atoms with Crippen LogP contribution in [0.2, 0.25) is 0 Å². The number of aromatic nitrogens is 4. The van der Waals surface area contributed by atoms with Gasteiger partial charge in [0, 0.05) is 96.0 Å².